The Kier molecular flexibility index (Phi) is 7.89. The van der Waals surface area contributed by atoms with Gasteiger partial charge >= 0.3 is 0 Å². The third kappa shape index (κ3) is 5.93. The van der Waals surface area contributed by atoms with Crippen molar-refractivity contribution in [1.29, 1.82) is 0 Å². The van der Waals surface area contributed by atoms with E-state index in [0.717, 1.165) is 42.5 Å². The molecule has 3 N–H and O–H groups in total. The molecule has 0 saturated carbocycles. The number of nitrogens with zero attached hydrogens (tertiary/aromatic N) is 2. The number of carbonyl (C=O) groups is 2. The molecular weight excluding hydrogens is 486 g/mol. The summed E-state index contributed by atoms with van der Waals surface area (Å²) < 4.78 is 0. The van der Waals surface area contributed by atoms with Gasteiger partial charge in [0.15, 0.2) is 0 Å². The summed E-state index contributed by atoms with van der Waals surface area (Å²) in [7, 11) is 4.15. The van der Waals surface area contributed by atoms with Crippen molar-refractivity contribution in [3.8, 4) is 0 Å². The predicted molar refractivity (Wildman–Crippen MR) is 159 cm³/mol. The molecule has 1 saturated heterocycles. The second kappa shape index (κ2) is 11.5. The summed E-state index contributed by atoms with van der Waals surface area (Å²) in [6.07, 6.45) is 3.00. The first kappa shape index (κ1) is 26.8. The number of para-hydroxylation sites is 1. The standard InChI is InChI=1S/C32H39N5O2/c1-21(2)31(35-30(38)17-23-18-33-28-12-8-7-10-26(23)28)32(39)34-24-15-16-37(20-24)19-22-13-14-29(36(3)4)27-11-6-5-9-25(22)27/h5-14,18,21,24,31,33H,15-17,19-20H2,1-4H3,(H,34,39)(H,35,38). The lowest BCUT2D eigenvalue weighted by Gasteiger charge is -2.24. The van der Waals surface area contributed by atoms with Crippen molar-refractivity contribution in [2.75, 3.05) is 32.1 Å². The minimum absolute atomic E-state index is 0.0176. The summed E-state index contributed by atoms with van der Waals surface area (Å²) in [6.45, 7) is 6.51. The number of hydrogen-bond donors (Lipinski definition) is 3. The van der Waals surface area contributed by atoms with Crippen LogP contribution in [0.25, 0.3) is 21.7 Å². The average Bonchev–Trinajstić information content (AvgIpc) is 3.53. The molecule has 1 aromatic heterocycles. The Hall–Kier alpha value is -3.84. The smallest absolute Gasteiger partial charge is 0.243 e. The molecule has 0 aliphatic carbocycles. The summed E-state index contributed by atoms with van der Waals surface area (Å²) in [6, 6.07) is 20.4. The van der Waals surface area contributed by atoms with Crippen LogP contribution >= 0.6 is 0 Å². The van der Waals surface area contributed by atoms with E-state index in [1.54, 1.807) is 0 Å². The topological polar surface area (TPSA) is 80.5 Å². The van der Waals surface area contributed by atoms with Crippen LogP contribution in [0.3, 0.4) is 0 Å². The zero-order valence-electron chi connectivity index (χ0n) is 23.3. The van der Waals surface area contributed by atoms with Gasteiger partial charge in [-0.2, -0.15) is 0 Å². The van der Waals surface area contributed by atoms with E-state index in [2.05, 4.69) is 75.9 Å². The third-order valence-electron chi connectivity index (χ3n) is 7.78. The molecule has 2 amide bonds. The molecule has 1 fully saturated rings. The molecule has 1 aliphatic rings. The van der Waals surface area contributed by atoms with Gasteiger partial charge < -0.3 is 20.5 Å². The molecule has 3 aromatic carbocycles. The minimum atomic E-state index is -0.570. The van der Waals surface area contributed by atoms with Gasteiger partial charge in [-0.15, -0.1) is 0 Å². The normalized spacial score (nSPS) is 16.6. The zero-order valence-corrected chi connectivity index (χ0v) is 23.3. The second-order valence-corrected chi connectivity index (χ2v) is 11.2. The monoisotopic (exact) mass is 525 g/mol. The molecule has 7 nitrogen and oxygen atoms in total. The molecular formula is C32H39N5O2. The number of likely N-dealkylation sites (tertiary alicyclic amines) is 1. The Labute approximate surface area is 230 Å². The van der Waals surface area contributed by atoms with E-state index in [1.807, 2.05) is 44.3 Å². The van der Waals surface area contributed by atoms with Crippen LogP contribution in [-0.2, 0) is 22.6 Å². The van der Waals surface area contributed by atoms with Crippen LogP contribution in [0, 0.1) is 5.92 Å². The van der Waals surface area contributed by atoms with E-state index in [4.69, 9.17) is 0 Å². The first-order valence-electron chi connectivity index (χ1n) is 13.8. The number of hydrogen-bond acceptors (Lipinski definition) is 4. The largest absolute Gasteiger partial charge is 0.377 e. The molecule has 5 rings (SSSR count). The lowest BCUT2D eigenvalue weighted by atomic mass is 10.0. The SMILES string of the molecule is CC(C)C(NC(=O)Cc1c[nH]c2ccccc12)C(=O)NC1CCN(Cc2ccc(N(C)C)c3ccccc23)C1. The molecule has 7 heteroatoms. The van der Waals surface area contributed by atoms with Crippen molar-refractivity contribution in [3.05, 3.63) is 78.0 Å². The van der Waals surface area contributed by atoms with Gasteiger partial charge in [0.2, 0.25) is 11.8 Å². The first-order valence-corrected chi connectivity index (χ1v) is 13.8. The summed E-state index contributed by atoms with van der Waals surface area (Å²) in [4.78, 5) is 34.0. The Morgan fingerprint density at radius 3 is 2.44 bits per heavy atom. The molecule has 4 aromatic rings. The van der Waals surface area contributed by atoms with Gasteiger partial charge in [-0.05, 0) is 41.0 Å². The van der Waals surface area contributed by atoms with Gasteiger partial charge in [-0.3, -0.25) is 14.5 Å². The van der Waals surface area contributed by atoms with Gasteiger partial charge in [0.1, 0.15) is 6.04 Å². The number of benzene rings is 3. The Balaban J connectivity index is 1.19. The predicted octanol–water partition coefficient (Wildman–Crippen LogP) is 4.46. The Bertz CT molecular complexity index is 1470. The second-order valence-electron chi connectivity index (χ2n) is 11.2. The van der Waals surface area contributed by atoms with Crippen LogP contribution in [0.15, 0.2) is 66.9 Å². The van der Waals surface area contributed by atoms with Gasteiger partial charge in [0.25, 0.3) is 0 Å². The fourth-order valence-electron chi connectivity index (χ4n) is 5.71. The number of aromatic amines is 1. The fourth-order valence-corrected chi connectivity index (χ4v) is 5.71. The highest BCUT2D eigenvalue weighted by Crippen LogP contribution is 2.30. The number of fused-ring (bicyclic) bond motifs is 2. The van der Waals surface area contributed by atoms with E-state index >= 15 is 0 Å². The lowest BCUT2D eigenvalue weighted by Crippen LogP contribution is -2.52. The lowest BCUT2D eigenvalue weighted by molar-refractivity contribution is -0.130. The summed E-state index contributed by atoms with van der Waals surface area (Å²) in [5, 5.41) is 9.78. The number of nitrogens with one attached hydrogen (secondary N) is 3. The number of aromatic nitrogens is 1. The number of rotatable bonds is 9. The molecule has 2 heterocycles. The van der Waals surface area contributed by atoms with Crippen LogP contribution in [0.4, 0.5) is 5.69 Å². The van der Waals surface area contributed by atoms with E-state index in [9.17, 15) is 9.59 Å². The summed E-state index contributed by atoms with van der Waals surface area (Å²) in [5.41, 5.74) is 4.45. The molecule has 2 unspecified atom stereocenters. The maximum Gasteiger partial charge on any atom is 0.243 e. The number of amides is 2. The molecule has 2 atom stereocenters. The van der Waals surface area contributed by atoms with E-state index in [-0.39, 0.29) is 30.2 Å². The number of H-pyrrole nitrogens is 1. The highest BCUT2D eigenvalue weighted by Gasteiger charge is 2.30. The molecule has 39 heavy (non-hydrogen) atoms. The van der Waals surface area contributed by atoms with E-state index in [0.29, 0.717) is 0 Å². The van der Waals surface area contributed by atoms with Crippen molar-refractivity contribution < 1.29 is 9.59 Å². The van der Waals surface area contributed by atoms with Crippen molar-refractivity contribution in [2.45, 2.75) is 45.3 Å². The molecule has 204 valence electrons. The molecule has 0 bridgehead atoms. The molecule has 1 aliphatic heterocycles. The van der Waals surface area contributed by atoms with Gasteiger partial charge in [0, 0.05) is 67.9 Å². The maximum atomic E-state index is 13.3. The maximum absolute atomic E-state index is 13.3. The summed E-state index contributed by atoms with van der Waals surface area (Å²) in [5.74, 6) is -0.268. The van der Waals surface area contributed by atoms with Crippen molar-refractivity contribution in [3.63, 3.8) is 0 Å². The van der Waals surface area contributed by atoms with Crippen LogP contribution in [-0.4, -0.2) is 61.0 Å². The van der Waals surface area contributed by atoms with Crippen LogP contribution < -0.4 is 15.5 Å². The first-order chi connectivity index (χ1) is 18.8. The minimum Gasteiger partial charge on any atom is -0.377 e. The Morgan fingerprint density at radius 1 is 0.974 bits per heavy atom. The van der Waals surface area contributed by atoms with E-state index < -0.39 is 6.04 Å². The third-order valence-corrected chi connectivity index (χ3v) is 7.78. The fraction of sp³-hybridized carbons (Fsp3) is 0.375. The highest BCUT2D eigenvalue weighted by molar-refractivity contribution is 5.96. The highest BCUT2D eigenvalue weighted by atomic mass is 16.2. The van der Waals surface area contributed by atoms with E-state index in [1.165, 1.54) is 22.0 Å². The van der Waals surface area contributed by atoms with Crippen molar-refractivity contribution in [1.82, 2.24) is 20.5 Å². The average molecular weight is 526 g/mol. The zero-order chi connectivity index (χ0) is 27.5. The van der Waals surface area contributed by atoms with Crippen molar-refractivity contribution >= 4 is 39.2 Å². The number of carbonyl (C=O) groups excluding carboxylic acids is 2. The van der Waals surface area contributed by atoms with Crippen molar-refractivity contribution in [2.24, 2.45) is 5.92 Å². The molecule has 0 radical (unpaired) electrons. The van der Waals surface area contributed by atoms with Crippen LogP contribution in [0.5, 0.6) is 0 Å². The van der Waals surface area contributed by atoms with Gasteiger partial charge in [-0.25, -0.2) is 0 Å². The van der Waals surface area contributed by atoms with Gasteiger partial charge in [0.05, 0.1) is 6.42 Å². The summed E-state index contributed by atoms with van der Waals surface area (Å²) >= 11 is 0. The molecule has 0 spiro atoms. The van der Waals surface area contributed by atoms with Gasteiger partial charge in [-0.1, -0.05) is 62.4 Å². The quantitative estimate of drug-likeness (QED) is 0.301. The van der Waals surface area contributed by atoms with Crippen LogP contribution in [0.2, 0.25) is 0 Å². The van der Waals surface area contributed by atoms with Crippen LogP contribution in [0.1, 0.15) is 31.4 Å². The Morgan fingerprint density at radius 2 is 1.69 bits per heavy atom. The number of anilines is 1.